The molecule has 1 amide bonds. The lowest BCUT2D eigenvalue weighted by atomic mass is 10.2. The average Bonchev–Trinajstić information content (AvgIpc) is 2.32. The van der Waals surface area contributed by atoms with Crippen molar-refractivity contribution in [2.24, 2.45) is 4.36 Å². The lowest BCUT2D eigenvalue weighted by Gasteiger charge is -2.05. The van der Waals surface area contributed by atoms with Crippen LogP contribution in [0.3, 0.4) is 0 Å². The third-order valence-corrected chi connectivity index (χ3v) is 4.57. The molecule has 0 fully saturated rings. The summed E-state index contributed by atoms with van der Waals surface area (Å²) in [4.78, 5) is 11.7. The van der Waals surface area contributed by atoms with Gasteiger partial charge in [-0.15, -0.1) is 0 Å². The highest BCUT2D eigenvalue weighted by atomic mass is 32.2. The van der Waals surface area contributed by atoms with Gasteiger partial charge in [0.05, 0.1) is 0 Å². The molecule has 0 unspecified atom stereocenters. The molecule has 0 heterocycles. The zero-order valence-corrected chi connectivity index (χ0v) is 12.6. The minimum absolute atomic E-state index is 0.0279. The van der Waals surface area contributed by atoms with Crippen molar-refractivity contribution >= 4 is 16.6 Å². The number of nitrogens with zero attached hydrogens (tertiary/aromatic N) is 1. The van der Waals surface area contributed by atoms with E-state index in [0.29, 0.717) is 0 Å². The second kappa shape index (κ2) is 10.7. The first-order valence-corrected chi connectivity index (χ1v) is 8.26. The maximum absolute atomic E-state index is 11.7. The molecule has 3 heteroatoms. The zero-order valence-electron chi connectivity index (χ0n) is 11.8. The van der Waals surface area contributed by atoms with E-state index in [1.165, 1.54) is 25.7 Å². The molecular weight excluding hydrogens is 230 g/mol. The summed E-state index contributed by atoms with van der Waals surface area (Å²) in [6.45, 7) is 8.42. The molecule has 0 spiro atoms. The Kier molecular flexibility index (Phi) is 10.4. The molecule has 0 aliphatic rings. The molecule has 0 saturated carbocycles. The van der Waals surface area contributed by atoms with Crippen LogP contribution in [0.15, 0.2) is 16.0 Å². The predicted molar refractivity (Wildman–Crippen MR) is 78.4 cm³/mol. The van der Waals surface area contributed by atoms with Crippen LogP contribution in [-0.4, -0.2) is 17.4 Å². The van der Waals surface area contributed by atoms with Crippen molar-refractivity contribution < 1.29 is 4.79 Å². The summed E-state index contributed by atoms with van der Waals surface area (Å²) in [7, 11) is -0.0419. The van der Waals surface area contributed by atoms with E-state index in [1.54, 1.807) is 6.08 Å². The highest BCUT2D eigenvalue weighted by molar-refractivity contribution is 7.87. The highest BCUT2D eigenvalue weighted by Gasteiger charge is 2.01. The van der Waals surface area contributed by atoms with Crippen molar-refractivity contribution in [3.8, 4) is 0 Å². The van der Waals surface area contributed by atoms with Crippen molar-refractivity contribution in [1.82, 2.24) is 0 Å². The Morgan fingerprint density at radius 1 is 1.12 bits per heavy atom. The van der Waals surface area contributed by atoms with Gasteiger partial charge >= 0.3 is 0 Å². The fourth-order valence-corrected chi connectivity index (χ4v) is 3.22. The fourth-order valence-electron chi connectivity index (χ4n) is 1.28. The topological polar surface area (TPSA) is 29.4 Å². The Balaban J connectivity index is 4.48. The Morgan fingerprint density at radius 2 is 1.65 bits per heavy atom. The van der Waals surface area contributed by atoms with Gasteiger partial charge in [-0.1, -0.05) is 49.9 Å². The van der Waals surface area contributed by atoms with Gasteiger partial charge in [-0.05, 0) is 26.2 Å². The summed E-state index contributed by atoms with van der Waals surface area (Å²) in [5.41, 5.74) is 1.12. The number of carbonyl (C=O) groups excluding carboxylic acids is 1. The maximum atomic E-state index is 11.7. The Hall–Kier alpha value is -0.440. The third-order valence-electron chi connectivity index (χ3n) is 2.61. The molecule has 0 atom stereocenters. The van der Waals surface area contributed by atoms with Crippen molar-refractivity contribution in [3.05, 3.63) is 11.6 Å². The summed E-state index contributed by atoms with van der Waals surface area (Å²) in [5, 5.41) is 0. The van der Waals surface area contributed by atoms with Gasteiger partial charge in [-0.25, -0.2) is 0 Å². The third kappa shape index (κ3) is 9.28. The van der Waals surface area contributed by atoms with Gasteiger partial charge in [-0.3, -0.25) is 4.79 Å². The van der Waals surface area contributed by atoms with E-state index in [1.807, 2.05) is 6.92 Å². The summed E-state index contributed by atoms with van der Waals surface area (Å²) in [6, 6.07) is 0. The van der Waals surface area contributed by atoms with Crippen molar-refractivity contribution in [3.63, 3.8) is 0 Å². The molecule has 0 aromatic rings. The Bertz CT molecular complexity index is 272. The van der Waals surface area contributed by atoms with Crippen LogP contribution in [0.4, 0.5) is 0 Å². The quantitative estimate of drug-likeness (QED) is 0.597. The Labute approximate surface area is 109 Å². The molecule has 0 aromatic carbocycles. The summed E-state index contributed by atoms with van der Waals surface area (Å²) in [5.74, 6) is 2.14. The molecule has 100 valence electrons. The van der Waals surface area contributed by atoms with E-state index in [2.05, 4.69) is 25.1 Å². The summed E-state index contributed by atoms with van der Waals surface area (Å²) < 4.78 is 4.35. The van der Waals surface area contributed by atoms with Gasteiger partial charge in [-0.2, -0.15) is 4.36 Å². The first-order valence-electron chi connectivity index (χ1n) is 6.74. The van der Waals surface area contributed by atoms with E-state index >= 15 is 0 Å². The standard InChI is InChI=1S/C14H27NOS/c1-5-8-10-17(11-9-6-2)15-14(16)12-13(4)7-3/h12H,5-11H2,1-4H3. The van der Waals surface area contributed by atoms with Crippen LogP contribution in [-0.2, 0) is 15.5 Å². The largest absolute Gasteiger partial charge is 0.275 e. The SMILES string of the molecule is CCCCS(CCCC)=NC(=O)C=C(C)CC. The molecule has 0 rings (SSSR count). The second-order valence-corrected chi connectivity index (χ2v) is 6.28. The van der Waals surface area contributed by atoms with Gasteiger partial charge in [0.15, 0.2) is 0 Å². The smallest absolute Gasteiger partial charge is 0.267 e. The van der Waals surface area contributed by atoms with Crippen LogP contribution in [0.1, 0.15) is 59.8 Å². The molecule has 0 radical (unpaired) electrons. The lowest BCUT2D eigenvalue weighted by Crippen LogP contribution is -2.05. The second-order valence-electron chi connectivity index (χ2n) is 4.35. The first kappa shape index (κ1) is 16.6. The van der Waals surface area contributed by atoms with Gasteiger partial charge in [0.2, 0.25) is 0 Å². The number of allylic oxidation sites excluding steroid dienone is 1. The molecule has 0 bridgehead atoms. The van der Waals surface area contributed by atoms with E-state index in [-0.39, 0.29) is 16.6 Å². The van der Waals surface area contributed by atoms with Crippen LogP contribution in [0, 0.1) is 0 Å². The Morgan fingerprint density at radius 3 is 2.06 bits per heavy atom. The van der Waals surface area contributed by atoms with Crippen LogP contribution >= 0.6 is 0 Å². The lowest BCUT2D eigenvalue weighted by molar-refractivity contribution is -0.113. The van der Waals surface area contributed by atoms with Crippen molar-refractivity contribution in [2.75, 3.05) is 11.5 Å². The van der Waals surface area contributed by atoms with Crippen molar-refractivity contribution in [1.29, 1.82) is 0 Å². The molecule has 0 aliphatic carbocycles. The summed E-state index contributed by atoms with van der Waals surface area (Å²) >= 11 is 0. The number of unbranched alkanes of at least 4 members (excludes halogenated alkanes) is 2. The molecule has 17 heavy (non-hydrogen) atoms. The number of hydrogen-bond acceptors (Lipinski definition) is 1. The van der Waals surface area contributed by atoms with Gasteiger partial charge in [0.1, 0.15) is 0 Å². The summed E-state index contributed by atoms with van der Waals surface area (Å²) in [6.07, 6.45) is 7.35. The van der Waals surface area contributed by atoms with Crippen LogP contribution < -0.4 is 0 Å². The van der Waals surface area contributed by atoms with Crippen LogP contribution in [0.25, 0.3) is 0 Å². The molecule has 0 aliphatic heterocycles. The minimum atomic E-state index is -0.0419. The number of amides is 1. The minimum Gasteiger partial charge on any atom is -0.267 e. The number of carbonyl (C=O) groups is 1. The van der Waals surface area contributed by atoms with Gasteiger partial charge in [0.25, 0.3) is 5.91 Å². The van der Waals surface area contributed by atoms with E-state index in [4.69, 9.17) is 0 Å². The number of hydrogen-bond donors (Lipinski definition) is 0. The maximum Gasteiger partial charge on any atom is 0.275 e. The monoisotopic (exact) mass is 257 g/mol. The molecule has 2 nitrogen and oxygen atoms in total. The predicted octanol–water partition coefficient (Wildman–Crippen LogP) is 4.27. The van der Waals surface area contributed by atoms with Crippen LogP contribution in [0.2, 0.25) is 0 Å². The fraction of sp³-hybridized carbons (Fsp3) is 0.786. The van der Waals surface area contributed by atoms with Crippen LogP contribution in [0.5, 0.6) is 0 Å². The molecule has 0 aromatic heterocycles. The molecule has 0 saturated heterocycles. The van der Waals surface area contributed by atoms with Gasteiger partial charge in [0, 0.05) is 17.6 Å². The molecular formula is C14H27NOS. The first-order chi connectivity index (χ1) is 8.13. The number of rotatable bonds is 8. The van der Waals surface area contributed by atoms with E-state index < -0.39 is 0 Å². The van der Waals surface area contributed by atoms with Gasteiger partial charge < -0.3 is 0 Å². The van der Waals surface area contributed by atoms with Crippen molar-refractivity contribution in [2.45, 2.75) is 59.8 Å². The van der Waals surface area contributed by atoms with E-state index in [9.17, 15) is 4.79 Å². The average molecular weight is 257 g/mol. The normalized spacial score (nSPS) is 11.9. The van der Waals surface area contributed by atoms with E-state index in [0.717, 1.165) is 23.5 Å². The molecule has 0 N–H and O–H groups in total. The zero-order chi connectivity index (χ0) is 13.1. The highest BCUT2D eigenvalue weighted by Crippen LogP contribution is 2.03.